The van der Waals surface area contributed by atoms with Crippen LogP contribution in [-0.2, 0) is 4.79 Å². The summed E-state index contributed by atoms with van der Waals surface area (Å²) in [5.74, 6) is -0.0690. The normalized spacial score (nSPS) is 13.2. The van der Waals surface area contributed by atoms with Crippen molar-refractivity contribution in [3.63, 3.8) is 0 Å². The molecule has 0 saturated carbocycles. The second kappa shape index (κ2) is 37.3. The van der Waals surface area contributed by atoms with Crippen molar-refractivity contribution in [2.24, 2.45) is 0 Å². The molecule has 0 heterocycles. The summed E-state index contributed by atoms with van der Waals surface area (Å²) < 4.78 is 0. The van der Waals surface area contributed by atoms with Crippen LogP contribution in [0.5, 0.6) is 0 Å². The van der Waals surface area contributed by atoms with E-state index >= 15 is 0 Å². The number of hydrogen-bond acceptors (Lipinski definition) is 3. The zero-order valence-corrected chi connectivity index (χ0v) is 30.4. The third-order valence-electron chi connectivity index (χ3n) is 9.18. The molecule has 0 aliphatic rings. The molecule has 0 aromatic carbocycles. The van der Waals surface area contributed by atoms with Gasteiger partial charge in [-0.25, -0.2) is 0 Å². The molecule has 0 bridgehead atoms. The molecule has 0 radical (unpaired) electrons. The predicted octanol–water partition coefficient (Wildman–Crippen LogP) is 12.1. The summed E-state index contributed by atoms with van der Waals surface area (Å²) in [6.07, 6.45) is 47.1. The van der Waals surface area contributed by atoms with Gasteiger partial charge in [-0.3, -0.25) is 4.79 Å². The lowest BCUT2D eigenvalue weighted by molar-refractivity contribution is -0.123. The van der Waals surface area contributed by atoms with Crippen LogP contribution in [0.15, 0.2) is 24.3 Å². The highest BCUT2D eigenvalue weighted by molar-refractivity contribution is 5.76. The van der Waals surface area contributed by atoms with Crippen LogP contribution in [0.3, 0.4) is 0 Å². The Bertz CT molecular complexity index is 647. The summed E-state index contributed by atoms with van der Waals surface area (Å²) in [5, 5.41) is 22.8. The van der Waals surface area contributed by atoms with Gasteiger partial charge in [-0.2, -0.15) is 0 Å². The molecule has 2 unspecified atom stereocenters. The summed E-state index contributed by atoms with van der Waals surface area (Å²) in [6.45, 7) is 4.28. The molecule has 0 saturated heterocycles. The molecule has 0 aromatic heterocycles. The van der Waals surface area contributed by atoms with Crippen molar-refractivity contribution in [2.45, 2.75) is 225 Å². The van der Waals surface area contributed by atoms with E-state index in [0.29, 0.717) is 6.42 Å². The molecule has 0 aliphatic heterocycles. The Morgan fingerprint density at radius 2 is 0.844 bits per heavy atom. The Morgan fingerprint density at radius 1 is 0.511 bits per heavy atom. The van der Waals surface area contributed by atoms with Gasteiger partial charge in [-0.1, -0.05) is 186 Å². The van der Waals surface area contributed by atoms with Crippen LogP contribution in [0.1, 0.15) is 213 Å². The third-order valence-corrected chi connectivity index (χ3v) is 9.18. The number of aliphatic hydroxyl groups excluding tert-OH is 2. The van der Waals surface area contributed by atoms with E-state index in [1.54, 1.807) is 6.08 Å². The first-order valence-electron chi connectivity index (χ1n) is 20.1. The molecule has 0 rings (SSSR count). The van der Waals surface area contributed by atoms with Gasteiger partial charge >= 0.3 is 0 Å². The van der Waals surface area contributed by atoms with Crippen LogP contribution < -0.4 is 5.32 Å². The molecule has 4 heteroatoms. The van der Waals surface area contributed by atoms with Gasteiger partial charge < -0.3 is 15.5 Å². The first-order valence-corrected chi connectivity index (χ1v) is 20.1. The maximum atomic E-state index is 12.3. The average Bonchev–Trinajstić information content (AvgIpc) is 3.04. The van der Waals surface area contributed by atoms with Crippen molar-refractivity contribution in [1.82, 2.24) is 5.32 Å². The Kier molecular flexibility index (Phi) is 36.4. The molecule has 266 valence electrons. The van der Waals surface area contributed by atoms with Crippen LogP contribution in [-0.4, -0.2) is 34.9 Å². The fourth-order valence-electron chi connectivity index (χ4n) is 6.05. The molecule has 0 aromatic rings. The SMILES string of the molecule is CCCCCCCCC/C=C/C(O)C(CO)NC(=O)CCCCCCCCCC/C=C\CCCCCCCCCCCCCC. The molecular formula is C41H79NO3. The Balaban J connectivity index is 3.50. The minimum Gasteiger partial charge on any atom is -0.394 e. The number of aliphatic hydroxyl groups is 2. The maximum absolute atomic E-state index is 12.3. The molecule has 0 spiro atoms. The van der Waals surface area contributed by atoms with Gasteiger partial charge in [0.25, 0.3) is 0 Å². The Hall–Kier alpha value is -1.13. The van der Waals surface area contributed by atoms with Gasteiger partial charge in [-0.05, 0) is 44.9 Å². The van der Waals surface area contributed by atoms with Gasteiger partial charge in [0.2, 0.25) is 5.91 Å². The van der Waals surface area contributed by atoms with Crippen LogP contribution in [0.2, 0.25) is 0 Å². The number of unbranched alkanes of at least 4 members (excludes halogenated alkanes) is 27. The summed E-state index contributed by atoms with van der Waals surface area (Å²) >= 11 is 0. The van der Waals surface area contributed by atoms with E-state index < -0.39 is 12.1 Å². The van der Waals surface area contributed by atoms with Gasteiger partial charge in [0.05, 0.1) is 18.8 Å². The van der Waals surface area contributed by atoms with Crippen LogP contribution >= 0.6 is 0 Å². The lowest BCUT2D eigenvalue weighted by Crippen LogP contribution is -2.45. The number of allylic oxidation sites excluding steroid dienone is 3. The molecule has 45 heavy (non-hydrogen) atoms. The van der Waals surface area contributed by atoms with Crippen molar-refractivity contribution in [3.05, 3.63) is 24.3 Å². The monoisotopic (exact) mass is 634 g/mol. The van der Waals surface area contributed by atoms with E-state index in [1.165, 1.54) is 167 Å². The van der Waals surface area contributed by atoms with Crippen LogP contribution in [0.25, 0.3) is 0 Å². The fourth-order valence-corrected chi connectivity index (χ4v) is 6.05. The van der Waals surface area contributed by atoms with Gasteiger partial charge in [0, 0.05) is 6.42 Å². The fraction of sp³-hybridized carbons (Fsp3) is 0.878. The topological polar surface area (TPSA) is 69.6 Å². The van der Waals surface area contributed by atoms with E-state index in [-0.39, 0.29) is 12.5 Å². The molecule has 0 fully saturated rings. The van der Waals surface area contributed by atoms with E-state index in [0.717, 1.165) is 25.7 Å². The van der Waals surface area contributed by atoms with E-state index in [2.05, 4.69) is 31.3 Å². The number of nitrogens with one attached hydrogen (secondary N) is 1. The Labute approximate surface area is 281 Å². The standard InChI is InChI=1S/C41H79NO3/c1-3-5-7-9-11-13-14-15-16-17-18-19-20-21-22-23-24-25-26-27-29-31-33-35-37-41(45)42-39(38-43)40(44)36-34-32-30-28-12-10-8-6-4-2/h21-22,34,36,39-40,43-44H,3-20,23-33,35,37-38H2,1-2H3,(H,42,45)/b22-21-,36-34+. The summed E-state index contributed by atoms with van der Waals surface area (Å²) in [7, 11) is 0. The van der Waals surface area contributed by atoms with E-state index in [9.17, 15) is 15.0 Å². The van der Waals surface area contributed by atoms with Crippen molar-refractivity contribution in [3.8, 4) is 0 Å². The van der Waals surface area contributed by atoms with Crippen molar-refractivity contribution in [2.75, 3.05) is 6.61 Å². The largest absolute Gasteiger partial charge is 0.394 e. The molecule has 4 nitrogen and oxygen atoms in total. The van der Waals surface area contributed by atoms with Crippen LogP contribution in [0.4, 0.5) is 0 Å². The second-order valence-electron chi connectivity index (χ2n) is 13.7. The average molecular weight is 634 g/mol. The van der Waals surface area contributed by atoms with Gasteiger partial charge in [0.1, 0.15) is 0 Å². The summed E-state index contributed by atoms with van der Waals surface area (Å²) in [6, 6.07) is -0.619. The van der Waals surface area contributed by atoms with Crippen molar-refractivity contribution in [1.29, 1.82) is 0 Å². The highest BCUT2D eigenvalue weighted by Crippen LogP contribution is 2.14. The minimum atomic E-state index is -0.835. The van der Waals surface area contributed by atoms with Crippen LogP contribution in [0, 0.1) is 0 Å². The lowest BCUT2D eigenvalue weighted by atomic mass is 10.0. The molecule has 3 N–H and O–H groups in total. The first kappa shape index (κ1) is 43.9. The number of rotatable bonds is 36. The highest BCUT2D eigenvalue weighted by atomic mass is 16.3. The minimum absolute atomic E-state index is 0.0690. The number of carbonyl (C=O) groups excluding carboxylic acids is 1. The smallest absolute Gasteiger partial charge is 0.220 e. The first-order chi connectivity index (χ1) is 22.2. The zero-order chi connectivity index (χ0) is 32.9. The number of carbonyl (C=O) groups is 1. The molecular weight excluding hydrogens is 554 g/mol. The maximum Gasteiger partial charge on any atom is 0.220 e. The number of hydrogen-bond donors (Lipinski definition) is 3. The summed E-state index contributed by atoms with van der Waals surface area (Å²) in [4.78, 5) is 12.3. The zero-order valence-electron chi connectivity index (χ0n) is 30.4. The highest BCUT2D eigenvalue weighted by Gasteiger charge is 2.17. The van der Waals surface area contributed by atoms with E-state index in [4.69, 9.17) is 0 Å². The quantitative estimate of drug-likeness (QED) is 0.0475. The van der Waals surface area contributed by atoms with Gasteiger partial charge in [-0.15, -0.1) is 0 Å². The van der Waals surface area contributed by atoms with E-state index in [1.807, 2.05) is 6.08 Å². The number of amides is 1. The second-order valence-corrected chi connectivity index (χ2v) is 13.7. The molecule has 2 atom stereocenters. The summed E-state index contributed by atoms with van der Waals surface area (Å²) in [5.41, 5.74) is 0. The van der Waals surface area contributed by atoms with Crippen molar-refractivity contribution >= 4 is 5.91 Å². The third kappa shape index (κ3) is 34.0. The van der Waals surface area contributed by atoms with Gasteiger partial charge in [0.15, 0.2) is 0 Å². The molecule has 0 aliphatic carbocycles. The Morgan fingerprint density at radius 3 is 1.22 bits per heavy atom. The molecule has 1 amide bonds. The lowest BCUT2D eigenvalue weighted by Gasteiger charge is -2.20. The van der Waals surface area contributed by atoms with Crippen molar-refractivity contribution < 1.29 is 15.0 Å². The predicted molar refractivity (Wildman–Crippen MR) is 198 cm³/mol.